The van der Waals surface area contributed by atoms with Gasteiger partial charge in [0.05, 0.1) is 12.7 Å². The Balaban J connectivity index is 1.62. The molecule has 0 heterocycles. The summed E-state index contributed by atoms with van der Waals surface area (Å²) in [5.74, 6) is 1.30. The maximum absolute atomic E-state index is 6.57. The third-order valence-corrected chi connectivity index (χ3v) is 7.80. The Bertz CT molecular complexity index is 1210. The SMILES string of the molecule is C=C1CC/C(c2ccccc2)=C(/c2ccc(OCC(OCC)OCC)cc2)[C@H](C)[C@@H](C)C1OCc1ccccc1. The van der Waals surface area contributed by atoms with Crippen molar-refractivity contribution < 1.29 is 18.9 Å². The Morgan fingerprint density at radius 2 is 1.40 bits per heavy atom. The first-order valence-corrected chi connectivity index (χ1v) is 14.6. The predicted molar refractivity (Wildman–Crippen MR) is 164 cm³/mol. The zero-order valence-corrected chi connectivity index (χ0v) is 24.5. The largest absolute Gasteiger partial charge is 0.488 e. The van der Waals surface area contributed by atoms with E-state index in [-0.39, 0.29) is 24.2 Å². The van der Waals surface area contributed by atoms with E-state index in [2.05, 4.69) is 99.3 Å². The van der Waals surface area contributed by atoms with Crippen molar-refractivity contribution >= 4 is 11.1 Å². The number of allylic oxidation sites excluding steroid dienone is 2. The Morgan fingerprint density at radius 1 is 0.775 bits per heavy atom. The van der Waals surface area contributed by atoms with Crippen LogP contribution in [0.1, 0.15) is 57.2 Å². The number of rotatable bonds is 12. The van der Waals surface area contributed by atoms with Crippen LogP contribution >= 0.6 is 0 Å². The normalized spacial score (nSPS) is 21.7. The molecule has 0 bridgehead atoms. The minimum atomic E-state index is -0.366. The van der Waals surface area contributed by atoms with Gasteiger partial charge in [-0.2, -0.15) is 0 Å². The van der Waals surface area contributed by atoms with E-state index in [0.29, 0.717) is 26.4 Å². The molecule has 0 N–H and O–H groups in total. The van der Waals surface area contributed by atoms with Crippen molar-refractivity contribution in [2.75, 3.05) is 19.8 Å². The first-order valence-electron chi connectivity index (χ1n) is 14.6. The molecule has 3 aromatic rings. The minimum Gasteiger partial charge on any atom is -0.488 e. The molecule has 212 valence electrons. The Hall–Kier alpha value is -3.18. The van der Waals surface area contributed by atoms with E-state index in [1.807, 2.05) is 19.9 Å². The first kappa shape index (κ1) is 29.8. The molecule has 0 fully saturated rings. The summed E-state index contributed by atoms with van der Waals surface area (Å²) in [6, 6.07) is 29.6. The van der Waals surface area contributed by atoms with E-state index in [9.17, 15) is 0 Å². The summed E-state index contributed by atoms with van der Waals surface area (Å²) in [6.07, 6.45) is 1.43. The van der Waals surface area contributed by atoms with Gasteiger partial charge >= 0.3 is 0 Å². The fraction of sp³-hybridized carbons (Fsp3) is 0.389. The van der Waals surface area contributed by atoms with Gasteiger partial charge in [-0.05, 0) is 84.1 Å². The first-order chi connectivity index (χ1) is 19.5. The third-order valence-electron chi connectivity index (χ3n) is 7.80. The van der Waals surface area contributed by atoms with Gasteiger partial charge in [0.25, 0.3) is 0 Å². The standard InChI is InChI=1S/C36H44O4/c1-6-37-34(38-7-2)25-39-32-21-19-31(20-22-32)35-27(4)28(5)36(40-24-29-14-10-8-11-15-29)26(3)18-23-33(35)30-16-12-9-13-17-30/h8-17,19-22,27-28,34,36H,3,6-7,18,23-25H2,1-2,4-5H3/b35-33-/t27-,28-,36?/m1/s1. The summed E-state index contributed by atoms with van der Waals surface area (Å²) in [6.45, 7) is 15.2. The second-order valence-corrected chi connectivity index (χ2v) is 10.5. The predicted octanol–water partition coefficient (Wildman–Crippen LogP) is 8.58. The summed E-state index contributed by atoms with van der Waals surface area (Å²) in [5.41, 5.74) is 7.58. The van der Waals surface area contributed by atoms with Gasteiger partial charge in [0.1, 0.15) is 12.4 Å². The lowest BCUT2D eigenvalue weighted by molar-refractivity contribution is -0.152. The van der Waals surface area contributed by atoms with Gasteiger partial charge in [-0.3, -0.25) is 0 Å². The van der Waals surface area contributed by atoms with E-state index in [1.165, 1.54) is 33.4 Å². The van der Waals surface area contributed by atoms with Gasteiger partial charge < -0.3 is 18.9 Å². The average molecular weight is 541 g/mol. The number of ether oxygens (including phenoxy) is 4. The molecule has 0 radical (unpaired) electrons. The van der Waals surface area contributed by atoms with E-state index < -0.39 is 0 Å². The lowest BCUT2D eigenvalue weighted by Crippen LogP contribution is -2.31. The highest BCUT2D eigenvalue weighted by Gasteiger charge is 2.32. The molecule has 0 aliphatic heterocycles. The molecule has 1 unspecified atom stereocenters. The summed E-state index contributed by atoms with van der Waals surface area (Å²) < 4.78 is 23.9. The highest BCUT2D eigenvalue weighted by molar-refractivity contribution is 5.92. The van der Waals surface area contributed by atoms with Crippen LogP contribution < -0.4 is 4.74 Å². The van der Waals surface area contributed by atoms with Crippen molar-refractivity contribution in [2.45, 2.75) is 59.5 Å². The van der Waals surface area contributed by atoms with E-state index in [1.54, 1.807) is 0 Å². The quantitative estimate of drug-likeness (QED) is 0.170. The molecule has 3 aromatic carbocycles. The highest BCUT2D eigenvalue weighted by atomic mass is 16.7. The van der Waals surface area contributed by atoms with Gasteiger partial charge in [-0.15, -0.1) is 0 Å². The zero-order chi connectivity index (χ0) is 28.3. The molecule has 0 amide bonds. The maximum atomic E-state index is 6.57. The van der Waals surface area contributed by atoms with Crippen molar-refractivity contribution in [3.05, 3.63) is 114 Å². The molecule has 0 saturated carbocycles. The molecular weight excluding hydrogens is 496 g/mol. The van der Waals surface area contributed by atoms with Crippen LogP contribution in [0.2, 0.25) is 0 Å². The number of benzene rings is 3. The monoisotopic (exact) mass is 540 g/mol. The van der Waals surface area contributed by atoms with Crippen LogP contribution in [0.25, 0.3) is 11.1 Å². The Morgan fingerprint density at radius 3 is 2.02 bits per heavy atom. The second kappa shape index (κ2) is 15.0. The van der Waals surface area contributed by atoms with Crippen LogP contribution in [-0.2, 0) is 20.8 Å². The molecule has 1 aliphatic rings. The smallest absolute Gasteiger partial charge is 0.191 e. The highest BCUT2D eigenvalue weighted by Crippen LogP contribution is 2.44. The van der Waals surface area contributed by atoms with Crippen LogP contribution in [0.4, 0.5) is 0 Å². The summed E-state index contributed by atoms with van der Waals surface area (Å²) >= 11 is 0. The second-order valence-electron chi connectivity index (χ2n) is 10.5. The maximum Gasteiger partial charge on any atom is 0.191 e. The molecule has 1 aliphatic carbocycles. The topological polar surface area (TPSA) is 36.9 Å². The van der Waals surface area contributed by atoms with E-state index in [0.717, 1.165) is 18.6 Å². The fourth-order valence-electron chi connectivity index (χ4n) is 5.55. The fourth-order valence-corrected chi connectivity index (χ4v) is 5.55. The van der Waals surface area contributed by atoms with Crippen molar-refractivity contribution in [1.82, 2.24) is 0 Å². The van der Waals surface area contributed by atoms with Crippen molar-refractivity contribution in [3.8, 4) is 5.75 Å². The summed E-state index contributed by atoms with van der Waals surface area (Å²) in [7, 11) is 0. The van der Waals surface area contributed by atoms with E-state index in [4.69, 9.17) is 18.9 Å². The van der Waals surface area contributed by atoms with Gasteiger partial charge in [-0.25, -0.2) is 0 Å². The van der Waals surface area contributed by atoms with Crippen LogP contribution in [0, 0.1) is 11.8 Å². The molecule has 0 saturated heterocycles. The summed E-state index contributed by atoms with van der Waals surface area (Å²) in [4.78, 5) is 0. The lowest BCUT2D eigenvalue weighted by Gasteiger charge is -2.36. The minimum absolute atomic E-state index is 0.0146. The lowest BCUT2D eigenvalue weighted by atomic mass is 9.73. The van der Waals surface area contributed by atoms with E-state index >= 15 is 0 Å². The molecule has 0 aromatic heterocycles. The van der Waals surface area contributed by atoms with Crippen LogP contribution in [0.3, 0.4) is 0 Å². The zero-order valence-electron chi connectivity index (χ0n) is 24.5. The van der Waals surface area contributed by atoms with Gasteiger partial charge in [0.15, 0.2) is 6.29 Å². The van der Waals surface area contributed by atoms with Gasteiger partial charge in [0, 0.05) is 13.2 Å². The molecule has 0 spiro atoms. The number of hydrogen-bond donors (Lipinski definition) is 0. The Labute approximate surface area is 240 Å². The van der Waals surface area contributed by atoms with Gasteiger partial charge in [0.2, 0.25) is 0 Å². The van der Waals surface area contributed by atoms with Crippen LogP contribution in [0.5, 0.6) is 5.75 Å². The Kier molecular flexibility index (Phi) is 11.2. The molecule has 40 heavy (non-hydrogen) atoms. The molecule has 4 heteroatoms. The number of hydrogen-bond acceptors (Lipinski definition) is 4. The van der Waals surface area contributed by atoms with Crippen molar-refractivity contribution in [2.24, 2.45) is 11.8 Å². The summed E-state index contributed by atoms with van der Waals surface area (Å²) in [5, 5.41) is 0. The van der Waals surface area contributed by atoms with Crippen LogP contribution in [0.15, 0.2) is 97.1 Å². The third kappa shape index (κ3) is 7.72. The molecular formula is C36H44O4. The molecule has 4 rings (SSSR count). The average Bonchev–Trinajstić information content (AvgIpc) is 2.99. The van der Waals surface area contributed by atoms with Crippen molar-refractivity contribution in [1.29, 1.82) is 0 Å². The van der Waals surface area contributed by atoms with Crippen molar-refractivity contribution in [3.63, 3.8) is 0 Å². The van der Waals surface area contributed by atoms with Gasteiger partial charge in [-0.1, -0.05) is 93.2 Å². The molecule has 4 nitrogen and oxygen atoms in total. The van der Waals surface area contributed by atoms with Crippen LogP contribution in [-0.4, -0.2) is 32.2 Å². The molecule has 3 atom stereocenters.